The van der Waals surface area contributed by atoms with Gasteiger partial charge in [0.2, 0.25) is 5.91 Å². The molecule has 0 atom stereocenters. The van der Waals surface area contributed by atoms with Crippen molar-refractivity contribution < 1.29 is 9.18 Å². The van der Waals surface area contributed by atoms with Crippen LogP contribution in [0.3, 0.4) is 0 Å². The smallest absolute Gasteiger partial charge is 0.261 e. The van der Waals surface area contributed by atoms with Gasteiger partial charge in [0, 0.05) is 0 Å². The molecule has 0 spiro atoms. The van der Waals surface area contributed by atoms with E-state index in [9.17, 15) is 14.0 Å². The summed E-state index contributed by atoms with van der Waals surface area (Å²) in [6.07, 6.45) is 2.73. The van der Waals surface area contributed by atoms with Crippen LogP contribution < -0.4 is 10.9 Å². The van der Waals surface area contributed by atoms with Gasteiger partial charge in [-0.3, -0.25) is 9.59 Å². The molecule has 140 valence electrons. The number of amides is 1. The molecule has 7 nitrogen and oxygen atoms in total. The Labute approximate surface area is 162 Å². The van der Waals surface area contributed by atoms with Gasteiger partial charge < -0.3 is 10.3 Å². The second-order valence-electron chi connectivity index (χ2n) is 6.02. The van der Waals surface area contributed by atoms with Gasteiger partial charge >= 0.3 is 0 Å². The quantitative estimate of drug-likeness (QED) is 0.553. The molecule has 0 aliphatic heterocycles. The number of rotatable bonds is 4. The van der Waals surface area contributed by atoms with Crippen molar-refractivity contribution in [1.82, 2.24) is 19.7 Å². The van der Waals surface area contributed by atoms with E-state index in [4.69, 9.17) is 11.6 Å². The zero-order chi connectivity index (χ0) is 19.7. The molecule has 0 saturated heterocycles. The number of fused-ring (bicyclic) bond motifs is 1. The summed E-state index contributed by atoms with van der Waals surface area (Å²) in [6, 6.07) is 11.2. The van der Waals surface area contributed by atoms with E-state index in [1.54, 1.807) is 24.3 Å². The average molecular weight is 398 g/mol. The second-order valence-corrected chi connectivity index (χ2v) is 6.42. The summed E-state index contributed by atoms with van der Waals surface area (Å²) in [4.78, 5) is 31.0. The first-order chi connectivity index (χ1) is 13.5. The van der Waals surface area contributed by atoms with E-state index in [0.29, 0.717) is 28.0 Å². The number of hydrogen-bond acceptors (Lipinski definition) is 4. The molecule has 2 N–H and O–H groups in total. The highest BCUT2D eigenvalue weighted by atomic mass is 35.5. The van der Waals surface area contributed by atoms with Gasteiger partial charge in [-0.25, -0.2) is 14.1 Å². The van der Waals surface area contributed by atoms with E-state index in [1.165, 1.54) is 35.4 Å². The Hall–Kier alpha value is -3.52. The first-order valence-corrected chi connectivity index (χ1v) is 8.65. The van der Waals surface area contributed by atoms with Gasteiger partial charge in [0.1, 0.15) is 11.2 Å². The predicted octanol–water partition coefficient (Wildman–Crippen LogP) is 3.08. The zero-order valence-electron chi connectivity index (χ0n) is 14.3. The van der Waals surface area contributed by atoms with E-state index in [1.807, 2.05) is 0 Å². The third-order valence-corrected chi connectivity index (χ3v) is 4.42. The third-order valence-electron chi connectivity index (χ3n) is 4.13. The van der Waals surface area contributed by atoms with Crippen LogP contribution in [0, 0.1) is 5.82 Å². The predicted molar refractivity (Wildman–Crippen MR) is 103 cm³/mol. The second kappa shape index (κ2) is 7.24. The summed E-state index contributed by atoms with van der Waals surface area (Å²) in [5, 5.41) is 7.33. The van der Waals surface area contributed by atoms with Crippen LogP contribution in [-0.4, -0.2) is 25.7 Å². The maximum Gasteiger partial charge on any atom is 0.261 e. The Morgan fingerprint density at radius 3 is 2.89 bits per heavy atom. The van der Waals surface area contributed by atoms with Crippen LogP contribution in [-0.2, 0) is 11.2 Å². The number of carbonyl (C=O) groups is 1. The molecule has 1 amide bonds. The fourth-order valence-electron chi connectivity index (χ4n) is 2.83. The van der Waals surface area contributed by atoms with Gasteiger partial charge in [0.25, 0.3) is 5.56 Å². The summed E-state index contributed by atoms with van der Waals surface area (Å²) in [5.41, 5.74) is 1.70. The third kappa shape index (κ3) is 3.37. The van der Waals surface area contributed by atoms with Gasteiger partial charge in [0.15, 0.2) is 5.65 Å². The van der Waals surface area contributed by atoms with Crippen LogP contribution >= 0.6 is 11.6 Å². The molecule has 4 rings (SSSR count). The molecule has 0 aliphatic rings. The Balaban J connectivity index is 1.64. The highest BCUT2D eigenvalue weighted by Gasteiger charge is 2.14. The number of para-hydroxylation sites is 2. The fraction of sp³-hybridized carbons (Fsp3) is 0.0526. The lowest BCUT2D eigenvalue weighted by Crippen LogP contribution is -2.16. The van der Waals surface area contributed by atoms with Crippen molar-refractivity contribution in [3.05, 3.63) is 81.7 Å². The minimum atomic E-state index is -0.538. The summed E-state index contributed by atoms with van der Waals surface area (Å²) in [5.74, 6) is -0.846. The number of benzene rings is 2. The van der Waals surface area contributed by atoms with Crippen LogP contribution in [0.4, 0.5) is 10.1 Å². The molecule has 0 bridgehead atoms. The van der Waals surface area contributed by atoms with Crippen molar-refractivity contribution in [3.8, 4) is 5.69 Å². The van der Waals surface area contributed by atoms with E-state index in [-0.39, 0.29) is 22.9 Å². The average Bonchev–Trinajstić information content (AvgIpc) is 3.10. The number of aromatic amines is 1. The SMILES string of the molecule is O=C(Cc1ccc(F)c(Cl)c1)Nc1ccccc1-n1ncc2c(=O)[nH]cnc21. The summed E-state index contributed by atoms with van der Waals surface area (Å²) < 4.78 is 14.8. The molecule has 9 heteroatoms. The molecule has 4 aromatic rings. The number of nitrogens with one attached hydrogen (secondary N) is 2. The lowest BCUT2D eigenvalue weighted by Gasteiger charge is -2.11. The van der Waals surface area contributed by atoms with Crippen LogP contribution in [0.5, 0.6) is 0 Å². The largest absolute Gasteiger partial charge is 0.324 e. The molecule has 0 saturated carbocycles. The molecular formula is C19H13ClFN5O2. The van der Waals surface area contributed by atoms with Gasteiger partial charge in [-0.2, -0.15) is 5.10 Å². The molecule has 0 unspecified atom stereocenters. The molecule has 28 heavy (non-hydrogen) atoms. The molecule has 0 fully saturated rings. The number of H-pyrrole nitrogens is 1. The first kappa shape index (κ1) is 17.9. The van der Waals surface area contributed by atoms with Crippen molar-refractivity contribution in [3.63, 3.8) is 0 Å². The van der Waals surface area contributed by atoms with Crippen molar-refractivity contribution in [2.24, 2.45) is 0 Å². The van der Waals surface area contributed by atoms with Crippen LogP contribution in [0.1, 0.15) is 5.56 Å². The molecular weight excluding hydrogens is 385 g/mol. The van der Waals surface area contributed by atoms with Crippen molar-refractivity contribution >= 4 is 34.2 Å². The number of hydrogen-bond donors (Lipinski definition) is 2. The Bertz CT molecular complexity index is 1250. The zero-order valence-corrected chi connectivity index (χ0v) is 15.1. The molecule has 2 aromatic carbocycles. The topological polar surface area (TPSA) is 92.7 Å². The van der Waals surface area contributed by atoms with Crippen LogP contribution in [0.15, 0.2) is 59.8 Å². The maximum absolute atomic E-state index is 13.3. The highest BCUT2D eigenvalue weighted by Crippen LogP contribution is 2.23. The lowest BCUT2D eigenvalue weighted by atomic mass is 10.1. The maximum atomic E-state index is 13.3. The van der Waals surface area contributed by atoms with E-state index >= 15 is 0 Å². The lowest BCUT2D eigenvalue weighted by molar-refractivity contribution is -0.115. The van der Waals surface area contributed by atoms with Crippen molar-refractivity contribution in [1.29, 1.82) is 0 Å². The van der Waals surface area contributed by atoms with Gasteiger partial charge in [0.05, 0.1) is 35.3 Å². The van der Waals surface area contributed by atoms with E-state index in [2.05, 4.69) is 20.4 Å². The van der Waals surface area contributed by atoms with Gasteiger partial charge in [-0.1, -0.05) is 29.8 Å². The monoisotopic (exact) mass is 397 g/mol. The van der Waals surface area contributed by atoms with Crippen molar-refractivity contribution in [2.75, 3.05) is 5.32 Å². The van der Waals surface area contributed by atoms with Crippen LogP contribution in [0.2, 0.25) is 5.02 Å². The molecule has 0 aliphatic carbocycles. The summed E-state index contributed by atoms with van der Waals surface area (Å²) in [6.45, 7) is 0. The highest BCUT2D eigenvalue weighted by molar-refractivity contribution is 6.30. The first-order valence-electron chi connectivity index (χ1n) is 8.27. The molecule has 2 aromatic heterocycles. The fourth-order valence-corrected chi connectivity index (χ4v) is 3.03. The number of anilines is 1. The summed E-state index contributed by atoms with van der Waals surface area (Å²) in [7, 11) is 0. The minimum Gasteiger partial charge on any atom is -0.324 e. The van der Waals surface area contributed by atoms with E-state index < -0.39 is 5.82 Å². The van der Waals surface area contributed by atoms with Gasteiger partial charge in [-0.05, 0) is 29.8 Å². The van der Waals surface area contributed by atoms with Crippen molar-refractivity contribution in [2.45, 2.75) is 6.42 Å². The number of nitrogens with zero attached hydrogens (tertiary/aromatic N) is 3. The van der Waals surface area contributed by atoms with Crippen LogP contribution in [0.25, 0.3) is 16.7 Å². The van der Waals surface area contributed by atoms with Gasteiger partial charge in [-0.15, -0.1) is 0 Å². The number of aromatic nitrogens is 4. The molecule has 2 heterocycles. The Kier molecular flexibility index (Phi) is 4.62. The number of carbonyl (C=O) groups excluding carboxylic acids is 1. The minimum absolute atomic E-state index is 0.0199. The normalized spacial score (nSPS) is 10.9. The molecule has 0 radical (unpaired) electrons. The Morgan fingerprint density at radius 1 is 1.25 bits per heavy atom. The standard InChI is InChI=1S/C19H13ClFN5O2/c20-13-7-11(5-6-14(13)21)8-17(27)25-15-3-1-2-4-16(15)26-18-12(9-24-26)19(28)23-10-22-18/h1-7,9-10H,8H2,(H,25,27)(H,22,23,28). The number of halogens is 2. The van der Waals surface area contributed by atoms with E-state index in [0.717, 1.165) is 0 Å². The Morgan fingerprint density at radius 2 is 2.07 bits per heavy atom. The summed E-state index contributed by atoms with van der Waals surface area (Å²) >= 11 is 5.77.